The first-order valence-corrected chi connectivity index (χ1v) is 5.24. The van der Waals surface area contributed by atoms with Crippen LogP contribution in [0.15, 0.2) is 16.7 Å². The Balaban J connectivity index is 2.53. The molecule has 0 atom stereocenters. The number of aromatic nitrogens is 2. The molecule has 0 fully saturated rings. The van der Waals surface area contributed by atoms with E-state index in [0.717, 1.165) is 6.07 Å². The molecule has 100 valence electrons. The summed E-state index contributed by atoms with van der Waals surface area (Å²) in [7, 11) is 1.18. The summed E-state index contributed by atoms with van der Waals surface area (Å²) in [5.74, 6) is -1.21. The topological polar surface area (TPSA) is 132 Å². The highest BCUT2D eigenvalue weighted by atomic mass is 16.5. The molecule has 0 unspecified atom stereocenters. The average molecular weight is 265 g/mol. The van der Waals surface area contributed by atoms with E-state index in [2.05, 4.69) is 14.9 Å². The van der Waals surface area contributed by atoms with Crippen LogP contribution in [-0.4, -0.2) is 33.4 Å². The zero-order valence-electron chi connectivity index (χ0n) is 9.95. The lowest BCUT2D eigenvalue weighted by Gasteiger charge is -2.06. The van der Waals surface area contributed by atoms with Gasteiger partial charge in [0.05, 0.1) is 19.2 Å². The maximum absolute atomic E-state index is 11.4. The lowest BCUT2D eigenvalue weighted by Crippen LogP contribution is -2.02. The molecule has 0 spiro atoms. The number of esters is 1. The molecule has 8 nitrogen and oxygen atoms in total. The zero-order valence-corrected chi connectivity index (χ0v) is 9.95. The molecule has 2 rings (SSSR count). The van der Waals surface area contributed by atoms with Crippen molar-refractivity contribution in [1.29, 1.82) is 0 Å². The number of nitrogens with zero attached hydrogens (tertiary/aromatic N) is 2. The van der Waals surface area contributed by atoms with Gasteiger partial charge in [-0.05, 0) is 6.07 Å². The first-order valence-electron chi connectivity index (χ1n) is 5.24. The monoisotopic (exact) mass is 265 g/mol. The van der Waals surface area contributed by atoms with Crippen LogP contribution in [0.25, 0.3) is 11.4 Å². The Hall–Kier alpha value is -2.61. The van der Waals surface area contributed by atoms with Crippen LogP contribution < -0.4 is 5.73 Å². The Labute approximate surface area is 107 Å². The van der Waals surface area contributed by atoms with Crippen LogP contribution in [0.1, 0.15) is 16.2 Å². The van der Waals surface area contributed by atoms with Crippen molar-refractivity contribution in [2.75, 3.05) is 7.11 Å². The molecule has 4 N–H and O–H groups in total. The van der Waals surface area contributed by atoms with E-state index in [4.69, 9.17) is 10.3 Å². The van der Waals surface area contributed by atoms with Gasteiger partial charge in [-0.2, -0.15) is 4.98 Å². The van der Waals surface area contributed by atoms with Gasteiger partial charge >= 0.3 is 5.97 Å². The number of rotatable bonds is 3. The van der Waals surface area contributed by atoms with Crippen LogP contribution in [-0.2, 0) is 11.3 Å². The number of carbonyl (C=O) groups excluding carboxylic acids is 1. The predicted octanol–water partition coefficient (Wildman–Crippen LogP) is 0.393. The fraction of sp³-hybridized carbons (Fsp3) is 0.182. The van der Waals surface area contributed by atoms with Crippen LogP contribution >= 0.6 is 0 Å². The minimum Gasteiger partial charge on any atom is -0.507 e. The van der Waals surface area contributed by atoms with Crippen LogP contribution in [0, 0.1) is 0 Å². The fourth-order valence-corrected chi connectivity index (χ4v) is 1.48. The molecule has 0 bridgehead atoms. The van der Waals surface area contributed by atoms with E-state index in [1.807, 2.05) is 0 Å². The molecule has 0 radical (unpaired) electrons. The number of aromatic hydroxyl groups is 2. The highest BCUT2D eigenvalue weighted by Gasteiger charge is 2.19. The third-order valence-corrected chi connectivity index (χ3v) is 2.40. The molecule has 0 saturated heterocycles. The standard InChI is InChI=1S/C11H11N3O5/c1-18-11(17)6-2-5(7(15)3-8(6)16)10-13-9(4-12)19-14-10/h2-3,15-16H,4,12H2,1H3. The summed E-state index contributed by atoms with van der Waals surface area (Å²) in [5, 5.41) is 22.9. The van der Waals surface area contributed by atoms with Crippen molar-refractivity contribution in [3.8, 4) is 22.9 Å². The molecule has 1 aromatic heterocycles. The summed E-state index contributed by atoms with van der Waals surface area (Å²) >= 11 is 0. The van der Waals surface area contributed by atoms with Gasteiger partial charge in [0, 0.05) is 6.07 Å². The molecule has 19 heavy (non-hydrogen) atoms. The minimum atomic E-state index is -0.749. The molecule has 1 heterocycles. The number of phenolic OH excluding ortho intramolecular Hbond substituents is 2. The molecular weight excluding hydrogens is 254 g/mol. The molecule has 0 aliphatic heterocycles. The van der Waals surface area contributed by atoms with Gasteiger partial charge in [0.15, 0.2) is 0 Å². The van der Waals surface area contributed by atoms with E-state index in [0.29, 0.717) is 0 Å². The SMILES string of the molecule is COC(=O)c1cc(-c2noc(CN)n2)c(O)cc1O. The van der Waals surface area contributed by atoms with Crippen LogP contribution in [0.3, 0.4) is 0 Å². The van der Waals surface area contributed by atoms with Gasteiger partial charge in [-0.15, -0.1) is 0 Å². The fourth-order valence-electron chi connectivity index (χ4n) is 1.48. The van der Waals surface area contributed by atoms with Crippen molar-refractivity contribution < 1.29 is 24.3 Å². The number of carbonyl (C=O) groups is 1. The number of phenols is 2. The minimum absolute atomic E-state index is 0.0513. The van der Waals surface area contributed by atoms with Crippen molar-refractivity contribution in [2.24, 2.45) is 5.73 Å². The maximum Gasteiger partial charge on any atom is 0.341 e. The third kappa shape index (κ3) is 2.33. The van der Waals surface area contributed by atoms with Gasteiger partial charge in [-0.3, -0.25) is 0 Å². The van der Waals surface area contributed by atoms with Gasteiger partial charge in [-0.25, -0.2) is 4.79 Å². The second-order valence-corrected chi connectivity index (χ2v) is 3.59. The molecule has 8 heteroatoms. The van der Waals surface area contributed by atoms with Gasteiger partial charge < -0.3 is 25.2 Å². The van der Waals surface area contributed by atoms with Crippen LogP contribution in [0.5, 0.6) is 11.5 Å². The lowest BCUT2D eigenvalue weighted by molar-refractivity contribution is 0.0597. The van der Waals surface area contributed by atoms with E-state index in [1.165, 1.54) is 13.2 Å². The smallest absolute Gasteiger partial charge is 0.341 e. The van der Waals surface area contributed by atoms with Crippen LogP contribution in [0.4, 0.5) is 0 Å². The number of nitrogens with two attached hydrogens (primary N) is 1. The van der Waals surface area contributed by atoms with E-state index in [9.17, 15) is 15.0 Å². The second-order valence-electron chi connectivity index (χ2n) is 3.59. The number of benzene rings is 1. The quantitative estimate of drug-likeness (QED) is 0.679. The van der Waals surface area contributed by atoms with Crippen molar-refractivity contribution >= 4 is 5.97 Å². The van der Waals surface area contributed by atoms with Gasteiger partial charge in [0.1, 0.15) is 17.1 Å². The zero-order chi connectivity index (χ0) is 14.0. The highest BCUT2D eigenvalue weighted by molar-refractivity contribution is 5.94. The molecule has 0 aliphatic rings. The molecule has 0 saturated carbocycles. The molecule has 0 amide bonds. The van der Waals surface area contributed by atoms with Gasteiger partial charge in [0.25, 0.3) is 0 Å². The Bertz CT molecular complexity index is 623. The lowest BCUT2D eigenvalue weighted by atomic mass is 10.1. The summed E-state index contributed by atoms with van der Waals surface area (Å²) in [6.07, 6.45) is 0. The Morgan fingerprint density at radius 3 is 2.74 bits per heavy atom. The predicted molar refractivity (Wildman–Crippen MR) is 62.3 cm³/mol. The Morgan fingerprint density at radius 2 is 2.16 bits per heavy atom. The molecule has 2 aromatic rings. The first kappa shape index (κ1) is 12.8. The summed E-state index contributed by atoms with van der Waals surface area (Å²) < 4.78 is 9.31. The van der Waals surface area contributed by atoms with E-state index in [-0.39, 0.29) is 35.1 Å². The summed E-state index contributed by atoms with van der Waals surface area (Å²) in [6.45, 7) is 0.0513. The normalized spacial score (nSPS) is 10.4. The van der Waals surface area contributed by atoms with Crippen molar-refractivity contribution in [2.45, 2.75) is 6.54 Å². The van der Waals surface area contributed by atoms with Gasteiger partial charge in [-0.1, -0.05) is 5.16 Å². The van der Waals surface area contributed by atoms with Crippen molar-refractivity contribution in [3.63, 3.8) is 0 Å². The van der Waals surface area contributed by atoms with E-state index < -0.39 is 11.7 Å². The molecule has 0 aliphatic carbocycles. The average Bonchev–Trinajstić information content (AvgIpc) is 2.86. The highest BCUT2D eigenvalue weighted by Crippen LogP contribution is 2.33. The summed E-state index contributed by atoms with van der Waals surface area (Å²) in [4.78, 5) is 15.4. The van der Waals surface area contributed by atoms with E-state index >= 15 is 0 Å². The van der Waals surface area contributed by atoms with Crippen molar-refractivity contribution in [1.82, 2.24) is 10.1 Å². The van der Waals surface area contributed by atoms with Crippen molar-refractivity contribution in [3.05, 3.63) is 23.6 Å². The number of methoxy groups -OCH3 is 1. The third-order valence-electron chi connectivity index (χ3n) is 2.40. The maximum atomic E-state index is 11.4. The second kappa shape index (κ2) is 4.94. The van der Waals surface area contributed by atoms with Gasteiger partial charge in [0.2, 0.25) is 11.7 Å². The molecule has 1 aromatic carbocycles. The number of hydrogen-bond acceptors (Lipinski definition) is 8. The molecular formula is C11H11N3O5. The Kier molecular flexibility index (Phi) is 3.34. The summed E-state index contributed by atoms with van der Waals surface area (Å²) in [5.41, 5.74) is 5.34. The number of ether oxygens (including phenoxy) is 1. The number of hydrogen-bond donors (Lipinski definition) is 3. The largest absolute Gasteiger partial charge is 0.507 e. The van der Waals surface area contributed by atoms with Crippen LogP contribution in [0.2, 0.25) is 0 Å². The first-order chi connectivity index (χ1) is 9.06. The van der Waals surface area contributed by atoms with E-state index in [1.54, 1.807) is 0 Å². The Morgan fingerprint density at radius 1 is 1.42 bits per heavy atom. The summed E-state index contributed by atoms with van der Waals surface area (Å²) in [6, 6.07) is 2.21.